The van der Waals surface area contributed by atoms with E-state index in [4.69, 9.17) is 4.52 Å². The van der Waals surface area contributed by atoms with Crippen LogP contribution in [-0.4, -0.2) is 42.1 Å². The Labute approximate surface area is 125 Å². The molecule has 1 N–H and O–H groups in total. The molecule has 21 heavy (non-hydrogen) atoms. The van der Waals surface area contributed by atoms with Crippen molar-refractivity contribution in [2.75, 3.05) is 11.5 Å². The second-order valence-electron chi connectivity index (χ2n) is 6.22. The highest BCUT2D eigenvalue weighted by molar-refractivity contribution is 7.91. The summed E-state index contributed by atoms with van der Waals surface area (Å²) in [4.78, 5) is 4.42. The van der Waals surface area contributed by atoms with E-state index in [-0.39, 0.29) is 6.04 Å². The molecule has 1 aromatic heterocycles. The Morgan fingerprint density at radius 3 is 2.52 bits per heavy atom. The molecule has 0 radical (unpaired) electrons. The summed E-state index contributed by atoms with van der Waals surface area (Å²) in [5.74, 6) is 2.55. The molecule has 1 aromatic rings. The van der Waals surface area contributed by atoms with Crippen molar-refractivity contribution in [2.24, 2.45) is 0 Å². The summed E-state index contributed by atoms with van der Waals surface area (Å²) in [7, 11) is -2.80. The van der Waals surface area contributed by atoms with Crippen LogP contribution in [0, 0.1) is 0 Å². The molecular weight excluding hydrogens is 290 g/mol. The summed E-state index contributed by atoms with van der Waals surface area (Å²) in [5, 5.41) is 7.48. The predicted octanol–water partition coefficient (Wildman–Crippen LogP) is 1.43. The van der Waals surface area contributed by atoms with Crippen LogP contribution in [0.5, 0.6) is 0 Å². The van der Waals surface area contributed by atoms with E-state index in [1.807, 2.05) is 6.92 Å². The highest BCUT2D eigenvalue weighted by Gasteiger charge is 2.32. The summed E-state index contributed by atoms with van der Waals surface area (Å²) in [6, 6.07) is 0.569. The third-order valence-electron chi connectivity index (χ3n) is 4.58. The third-order valence-corrected chi connectivity index (χ3v) is 6.35. The monoisotopic (exact) mass is 313 g/mol. The number of aryl methyl sites for hydroxylation is 1. The van der Waals surface area contributed by atoms with Crippen LogP contribution in [0.3, 0.4) is 0 Å². The average molecular weight is 313 g/mol. The van der Waals surface area contributed by atoms with E-state index in [9.17, 15) is 8.42 Å². The first-order chi connectivity index (χ1) is 10.1. The van der Waals surface area contributed by atoms with Crippen molar-refractivity contribution >= 4 is 9.84 Å². The average Bonchev–Trinajstić information content (AvgIpc) is 3.06. The molecule has 0 amide bonds. The zero-order chi connectivity index (χ0) is 14.9. The quantitative estimate of drug-likeness (QED) is 0.905. The van der Waals surface area contributed by atoms with Gasteiger partial charge >= 0.3 is 0 Å². The SMILES string of the molecule is CCc1noc(C2CCC(NC3CCS(=O)(=O)C3)CC2)n1. The Morgan fingerprint density at radius 2 is 1.95 bits per heavy atom. The van der Waals surface area contributed by atoms with E-state index in [0.29, 0.717) is 23.5 Å². The van der Waals surface area contributed by atoms with Crippen LogP contribution in [-0.2, 0) is 16.3 Å². The third kappa shape index (κ3) is 3.63. The molecule has 1 saturated heterocycles. The molecule has 0 aromatic carbocycles. The molecule has 1 aliphatic heterocycles. The van der Waals surface area contributed by atoms with Gasteiger partial charge in [-0.3, -0.25) is 0 Å². The van der Waals surface area contributed by atoms with E-state index >= 15 is 0 Å². The fourth-order valence-corrected chi connectivity index (χ4v) is 5.03. The van der Waals surface area contributed by atoms with Gasteiger partial charge in [-0.1, -0.05) is 12.1 Å². The normalized spacial score (nSPS) is 32.3. The summed E-state index contributed by atoms with van der Waals surface area (Å²) < 4.78 is 28.3. The van der Waals surface area contributed by atoms with Crippen molar-refractivity contribution in [3.8, 4) is 0 Å². The lowest BCUT2D eigenvalue weighted by Crippen LogP contribution is -2.40. The molecule has 6 nitrogen and oxygen atoms in total. The molecule has 1 unspecified atom stereocenters. The van der Waals surface area contributed by atoms with Crippen molar-refractivity contribution in [3.63, 3.8) is 0 Å². The molecule has 7 heteroatoms. The van der Waals surface area contributed by atoms with Gasteiger partial charge in [-0.05, 0) is 32.1 Å². The van der Waals surface area contributed by atoms with Gasteiger partial charge < -0.3 is 9.84 Å². The number of sulfone groups is 1. The first-order valence-electron chi connectivity index (χ1n) is 7.84. The fraction of sp³-hybridized carbons (Fsp3) is 0.857. The number of hydrogen-bond donors (Lipinski definition) is 1. The summed E-state index contributed by atoms with van der Waals surface area (Å²) >= 11 is 0. The number of hydrogen-bond acceptors (Lipinski definition) is 6. The maximum absolute atomic E-state index is 11.5. The second-order valence-corrected chi connectivity index (χ2v) is 8.45. The van der Waals surface area contributed by atoms with Crippen LogP contribution >= 0.6 is 0 Å². The zero-order valence-corrected chi connectivity index (χ0v) is 13.2. The van der Waals surface area contributed by atoms with E-state index in [1.54, 1.807) is 0 Å². The van der Waals surface area contributed by atoms with Gasteiger partial charge in [0.05, 0.1) is 11.5 Å². The minimum atomic E-state index is -2.80. The van der Waals surface area contributed by atoms with Crippen molar-refractivity contribution in [1.82, 2.24) is 15.5 Å². The molecule has 2 heterocycles. The lowest BCUT2D eigenvalue weighted by molar-refractivity contribution is 0.273. The van der Waals surface area contributed by atoms with Crippen LogP contribution in [0.4, 0.5) is 0 Å². The van der Waals surface area contributed by atoms with Crippen molar-refractivity contribution in [2.45, 2.75) is 63.5 Å². The maximum atomic E-state index is 11.5. The minimum absolute atomic E-state index is 0.145. The van der Waals surface area contributed by atoms with E-state index in [2.05, 4.69) is 15.5 Å². The number of nitrogens with one attached hydrogen (secondary N) is 1. The largest absolute Gasteiger partial charge is 0.339 e. The maximum Gasteiger partial charge on any atom is 0.229 e. The van der Waals surface area contributed by atoms with Crippen LogP contribution < -0.4 is 5.32 Å². The zero-order valence-electron chi connectivity index (χ0n) is 12.4. The van der Waals surface area contributed by atoms with Gasteiger partial charge in [0.1, 0.15) is 0 Å². The van der Waals surface area contributed by atoms with Crippen LogP contribution in [0.15, 0.2) is 4.52 Å². The molecule has 2 fully saturated rings. The molecule has 1 aliphatic carbocycles. The number of rotatable bonds is 4. The topological polar surface area (TPSA) is 85.1 Å². The highest BCUT2D eigenvalue weighted by Crippen LogP contribution is 2.32. The van der Waals surface area contributed by atoms with Gasteiger partial charge in [0, 0.05) is 24.4 Å². The van der Waals surface area contributed by atoms with Gasteiger partial charge in [-0.25, -0.2) is 8.42 Å². The molecule has 1 atom stereocenters. The standard InChI is InChI=1S/C14H23N3O3S/c1-2-13-16-14(20-17-13)10-3-5-11(6-4-10)15-12-7-8-21(18,19)9-12/h10-12,15H,2-9H2,1H3. The molecule has 118 valence electrons. The summed E-state index contributed by atoms with van der Waals surface area (Å²) in [6.45, 7) is 2.02. The Hall–Kier alpha value is -0.950. The highest BCUT2D eigenvalue weighted by atomic mass is 32.2. The molecule has 0 spiro atoms. The van der Waals surface area contributed by atoms with Crippen molar-refractivity contribution < 1.29 is 12.9 Å². The lowest BCUT2D eigenvalue weighted by Gasteiger charge is -2.29. The Bertz CT molecular complexity index is 576. The van der Waals surface area contributed by atoms with Gasteiger partial charge in [0.2, 0.25) is 5.89 Å². The number of nitrogens with zero attached hydrogens (tertiary/aromatic N) is 2. The van der Waals surface area contributed by atoms with Gasteiger partial charge in [0.15, 0.2) is 15.7 Å². The Morgan fingerprint density at radius 1 is 1.19 bits per heavy atom. The minimum Gasteiger partial charge on any atom is -0.339 e. The second kappa shape index (κ2) is 6.04. The van der Waals surface area contributed by atoms with Crippen molar-refractivity contribution in [1.29, 1.82) is 0 Å². The van der Waals surface area contributed by atoms with E-state index in [0.717, 1.165) is 50.2 Å². The van der Waals surface area contributed by atoms with Gasteiger partial charge in [-0.2, -0.15) is 4.98 Å². The lowest BCUT2D eigenvalue weighted by atomic mass is 9.85. The fourth-order valence-electron chi connectivity index (χ4n) is 3.34. The molecule has 0 bridgehead atoms. The summed E-state index contributed by atoms with van der Waals surface area (Å²) in [6.07, 6.45) is 5.71. The molecular formula is C14H23N3O3S. The Kier molecular flexibility index (Phi) is 4.31. The predicted molar refractivity (Wildman–Crippen MR) is 78.9 cm³/mol. The van der Waals surface area contributed by atoms with E-state index < -0.39 is 9.84 Å². The van der Waals surface area contributed by atoms with Crippen molar-refractivity contribution in [3.05, 3.63) is 11.7 Å². The molecule has 3 rings (SSSR count). The number of aromatic nitrogens is 2. The van der Waals surface area contributed by atoms with Crippen LogP contribution in [0.1, 0.15) is 56.7 Å². The molecule has 2 aliphatic rings. The smallest absolute Gasteiger partial charge is 0.229 e. The Balaban J connectivity index is 1.49. The first kappa shape index (κ1) is 15.0. The van der Waals surface area contributed by atoms with Crippen LogP contribution in [0.25, 0.3) is 0 Å². The van der Waals surface area contributed by atoms with E-state index in [1.165, 1.54) is 0 Å². The van der Waals surface area contributed by atoms with Crippen LogP contribution in [0.2, 0.25) is 0 Å². The first-order valence-corrected chi connectivity index (χ1v) is 9.67. The summed E-state index contributed by atoms with van der Waals surface area (Å²) in [5.41, 5.74) is 0. The molecule has 1 saturated carbocycles. The van der Waals surface area contributed by atoms with Gasteiger partial charge in [-0.15, -0.1) is 0 Å². The van der Waals surface area contributed by atoms with Gasteiger partial charge in [0.25, 0.3) is 0 Å².